The van der Waals surface area contributed by atoms with Gasteiger partial charge in [-0.3, -0.25) is 18.6 Å². The van der Waals surface area contributed by atoms with E-state index in [2.05, 4.69) is 44.2 Å². The lowest BCUT2D eigenvalue weighted by Crippen LogP contribution is -2.29. The van der Waals surface area contributed by atoms with Crippen LogP contribution in [0, 0.1) is 0 Å². The number of hydrogen-bond donors (Lipinski definition) is 2. The van der Waals surface area contributed by atoms with Crippen LogP contribution in [0.2, 0.25) is 0 Å². The van der Waals surface area contributed by atoms with Crippen molar-refractivity contribution in [1.29, 1.82) is 0 Å². The van der Waals surface area contributed by atoms with Crippen molar-refractivity contribution in [3.05, 3.63) is 36.5 Å². The lowest BCUT2D eigenvalue weighted by molar-refractivity contribution is -0.161. The molecule has 4 atom stereocenters. The molecule has 0 aromatic heterocycles. The third-order valence-corrected chi connectivity index (χ3v) is 10.4. The Kier molecular flexibility index (Phi) is 33.1. The molecule has 11 heteroatoms. The molecule has 0 aliphatic carbocycles. The number of phosphoric ester groups is 1. The second kappa shape index (κ2) is 35.6. The molecule has 1 saturated heterocycles. The zero-order valence-electron chi connectivity index (χ0n) is 34.1. The van der Waals surface area contributed by atoms with E-state index in [4.69, 9.17) is 29.0 Å². The van der Waals surface area contributed by atoms with E-state index in [0.717, 1.165) is 44.9 Å². The van der Waals surface area contributed by atoms with Gasteiger partial charge in [-0.2, -0.15) is 0 Å². The highest BCUT2D eigenvalue weighted by Gasteiger charge is 2.36. The third-order valence-electron chi connectivity index (χ3n) is 9.43. The second-order valence-corrected chi connectivity index (χ2v) is 16.1. The highest BCUT2D eigenvalue weighted by Crippen LogP contribution is 2.43. The number of nitrogens with two attached hydrogens (primary N) is 1. The van der Waals surface area contributed by atoms with Crippen molar-refractivity contribution in [1.82, 2.24) is 0 Å². The van der Waals surface area contributed by atoms with Crippen LogP contribution in [0.25, 0.3) is 0 Å². The molecular weight excluding hydrogens is 705 g/mol. The molecule has 0 saturated carbocycles. The second-order valence-electron chi connectivity index (χ2n) is 14.6. The summed E-state index contributed by atoms with van der Waals surface area (Å²) in [5.41, 5.74) is 5.34. The Balaban J connectivity index is 2.22. The van der Waals surface area contributed by atoms with Gasteiger partial charge in [0.05, 0.1) is 25.4 Å². The summed E-state index contributed by atoms with van der Waals surface area (Å²) in [6.07, 6.45) is 40.6. The van der Waals surface area contributed by atoms with Gasteiger partial charge in [0.1, 0.15) is 6.61 Å². The molecular formula is C43H78NO9P. The molecule has 0 amide bonds. The molecule has 3 N–H and O–H groups in total. The summed E-state index contributed by atoms with van der Waals surface area (Å²) in [4.78, 5) is 34.9. The minimum absolute atomic E-state index is 0.0428. The Labute approximate surface area is 329 Å². The van der Waals surface area contributed by atoms with Gasteiger partial charge < -0.3 is 24.8 Å². The molecule has 1 heterocycles. The first-order valence-electron chi connectivity index (χ1n) is 21.6. The molecule has 0 bridgehead atoms. The van der Waals surface area contributed by atoms with Crippen LogP contribution in [0.15, 0.2) is 36.5 Å². The lowest BCUT2D eigenvalue weighted by Gasteiger charge is -2.19. The third kappa shape index (κ3) is 32.4. The van der Waals surface area contributed by atoms with E-state index in [1.807, 2.05) is 6.08 Å². The first kappa shape index (κ1) is 50.2. The molecule has 1 aliphatic rings. The number of hydrogen-bond acceptors (Lipinski definition) is 9. The maximum atomic E-state index is 12.6. The Morgan fingerprint density at radius 2 is 1.15 bits per heavy atom. The normalized spacial score (nSPS) is 17.4. The average molecular weight is 784 g/mol. The van der Waals surface area contributed by atoms with E-state index in [-0.39, 0.29) is 32.6 Å². The number of rotatable bonds is 39. The van der Waals surface area contributed by atoms with E-state index in [9.17, 15) is 19.0 Å². The van der Waals surface area contributed by atoms with Crippen molar-refractivity contribution >= 4 is 19.8 Å². The molecule has 10 nitrogen and oxygen atoms in total. The summed E-state index contributed by atoms with van der Waals surface area (Å²) in [5.74, 6) is -0.896. The van der Waals surface area contributed by atoms with Crippen LogP contribution >= 0.6 is 7.82 Å². The van der Waals surface area contributed by atoms with Crippen LogP contribution in [0.4, 0.5) is 0 Å². The van der Waals surface area contributed by atoms with Crippen molar-refractivity contribution in [2.24, 2.45) is 5.73 Å². The number of unbranched alkanes of at least 4 members (excludes halogenated alkanes) is 18. The molecule has 0 radical (unpaired) electrons. The highest BCUT2D eigenvalue weighted by atomic mass is 31.2. The zero-order chi connectivity index (χ0) is 39.4. The summed E-state index contributed by atoms with van der Waals surface area (Å²) in [6, 6.07) is 0. The first-order chi connectivity index (χ1) is 26.3. The van der Waals surface area contributed by atoms with E-state index >= 15 is 0 Å². The monoisotopic (exact) mass is 784 g/mol. The lowest BCUT2D eigenvalue weighted by atomic mass is 10.0. The number of epoxide rings is 1. The van der Waals surface area contributed by atoms with Gasteiger partial charge in [-0.25, -0.2) is 4.57 Å². The van der Waals surface area contributed by atoms with Crippen LogP contribution in [0.1, 0.15) is 181 Å². The number of esters is 2. The Hall–Kier alpha value is -1.81. The summed E-state index contributed by atoms with van der Waals surface area (Å²) in [7, 11) is -4.39. The highest BCUT2D eigenvalue weighted by molar-refractivity contribution is 7.47. The largest absolute Gasteiger partial charge is 0.472 e. The van der Waals surface area contributed by atoms with E-state index < -0.39 is 32.5 Å². The molecule has 54 heavy (non-hydrogen) atoms. The number of phosphoric acid groups is 1. The molecule has 1 rings (SSSR count). The van der Waals surface area contributed by atoms with Crippen molar-refractivity contribution in [3.63, 3.8) is 0 Å². The fourth-order valence-corrected chi connectivity index (χ4v) is 6.85. The molecule has 4 unspecified atom stereocenters. The van der Waals surface area contributed by atoms with E-state index in [1.54, 1.807) is 0 Å². The topological polar surface area (TPSA) is 147 Å². The zero-order valence-corrected chi connectivity index (χ0v) is 35.0. The minimum atomic E-state index is -4.39. The maximum absolute atomic E-state index is 12.6. The van der Waals surface area contributed by atoms with Crippen molar-refractivity contribution in [3.8, 4) is 0 Å². The Bertz CT molecular complexity index is 1050. The van der Waals surface area contributed by atoms with Crippen molar-refractivity contribution < 1.29 is 42.3 Å². The predicted octanol–water partition coefficient (Wildman–Crippen LogP) is 11.2. The molecule has 0 aromatic carbocycles. The summed E-state index contributed by atoms with van der Waals surface area (Å²) in [5, 5.41) is 0. The fraction of sp³-hybridized carbons (Fsp3) is 0.814. The smallest absolute Gasteiger partial charge is 0.462 e. The van der Waals surface area contributed by atoms with Crippen molar-refractivity contribution in [2.45, 2.75) is 199 Å². The van der Waals surface area contributed by atoms with Gasteiger partial charge in [-0.15, -0.1) is 0 Å². The quantitative estimate of drug-likeness (QED) is 0.0203. The van der Waals surface area contributed by atoms with E-state index in [0.29, 0.717) is 25.0 Å². The van der Waals surface area contributed by atoms with E-state index in [1.165, 1.54) is 96.3 Å². The van der Waals surface area contributed by atoms with Gasteiger partial charge in [0.25, 0.3) is 0 Å². The van der Waals surface area contributed by atoms with Gasteiger partial charge in [0, 0.05) is 19.4 Å². The van der Waals surface area contributed by atoms with Gasteiger partial charge >= 0.3 is 19.8 Å². The molecule has 1 fully saturated rings. The van der Waals surface area contributed by atoms with Crippen LogP contribution in [-0.2, 0) is 37.4 Å². The number of carbonyl (C=O) groups excluding carboxylic acids is 2. The molecule has 0 spiro atoms. The standard InChI is InChI=1S/C43H78NO9P/c1-3-5-7-9-11-12-13-14-15-16-17-18-21-25-29-33-42(45)49-37-39(38-51-54(47,48)50-36-35-44)52-43(46)34-30-26-22-19-20-24-28-32-41-40(53-41)31-27-23-10-8-6-4-2/h19,22-24,27-28,39-41H,3-18,20-21,25-26,29-38,44H2,1-2H3,(H,47,48)/b22-19-,27-23+,28-24-. The fourth-order valence-electron chi connectivity index (χ4n) is 6.08. The van der Waals surface area contributed by atoms with Gasteiger partial charge in [-0.05, 0) is 51.4 Å². The summed E-state index contributed by atoms with van der Waals surface area (Å²) in [6.45, 7) is 3.63. The summed E-state index contributed by atoms with van der Waals surface area (Å²) >= 11 is 0. The predicted molar refractivity (Wildman–Crippen MR) is 219 cm³/mol. The van der Waals surface area contributed by atoms with Gasteiger partial charge in [-0.1, -0.05) is 153 Å². The van der Waals surface area contributed by atoms with Crippen LogP contribution in [0.5, 0.6) is 0 Å². The Morgan fingerprint density at radius 3 is 1.76 bits per heavy atom. The van der Waals surface area contributed by atoms with Crippen molar-refractivity contribution in [2.75, 3.05) is 26.4 Å². The van der Waals surface area contributed by atoms with Crippen LogP contribution in [0.3, 0.4) is 0 Å². The van der Waals surface area contributed by atoms with Crippen LogP contribution in [-0.4, -0.2) is 61.5 Å². The maximum Gasteiger partial charge on any atom is 0.472 e. The van der Waals surface area contributed by atoms with Crippen LogP contribution < -0.4 is 5.73 Å². The minimum Gasteiger partial charge on any atom is -0.462 e. The molecule has 314 valence electrons. The summed E-state index contributed by atoms with van der Waals surface area (Å²) < 4.78 is 38.5. The molecule has 1 aliphatic heterocycles. The number of carbonyl (C=O) groups is 2. The van der Waals surface area contributed by atoms with Gasteiger partial charge in [0.15, 0.2) is 6.10 Å². The number of allylic oxidation sites excluding steroid dienone is 4. The molecule has 0 aromatic rings. The van der Waals surface area contributed by atoms with Gasteiger partial charge in [0.2, 0.25) is 0 Å². The number of ether oxygens (including phenoxy) is 3. The Morgan fingerprint density at radius 1 is 0.648 bits per heavy atom. The SMILES string of the molecule is CCCCC/C=C/CC1OC1C/C=C\C/C=C\CCCC(=O)OC(COC(=O)CCCCCCCCCCCCCCCCC)COP(=O)(O)OCCN. The average Bonchev–Trinajstić information content (AvgIpc) is 3.91. The first-order valence-corrected chi connectivity index (χ1v) is 23.1.